The van der Waals surface area contributed by atoms with Gasteiger partial charge in [0.1, 0.15) is 12.0 Å². The number of hydrogen-bond donors (Lipinski definition) is 1. The van der Waals surface area contributed by atoms with E-state index in [1.54, 1.807) is 0 Å². The van der Waals surface area contributed by atoms with Gasteiger partial charge >= 0.3 is 0 Å². The van der Waals surface area contributed by atoms with E-state index in [9.17, 15) is 0 Å². The lowest BCUT2D eigenvalue weighted by atomic mass is 9.94. The molecule has 9 aromatic carbocycles. The van der Waals surface area contributed by atoms with Crippen LogP contribution in [-0.2, 0) is 0 Å². The maximum atomic E-state index is 5.32. The summed E-state index contributed by atoms with van der Waals surface area (Å²) >= 11 is 0. The van der Waals surface area contributed by atoms with E-state index in [4.69, 9.17) is 9.98 Å². The molecule has 5 nitrogen and oxygen atoms in total. The predicted molar refractivity (Wildman–Crippen MR) is 258 cm³/mol. The fraction of sp³-hybridized carbons (Fsp3) is 0.0175. The molecule has 0 amide bonds. The summed E-state index contributed by atoms with van der Waals surface area (Å²) < 4.78 is 4.88. The zero-order valence-electron chi connectivity index (χ0n) is 33.7. The van der Waals surface area contributed by atoms with Crippen molar-refractivity contribution in [1.82, 2.24) is 14.5 Å². The Morgan fingerprint density at radius 1 is 0.387 bits per heavy atom. The molecule has 5 heteroatoms. The van der Waals surface area contributed by atoms with Gasteiger partial charge in [-0.1, -0.05) is 188 Å². The van der Waals surface area contributed by atoms with Crippen LogP contribution in [0.4, 0.5) is 0 Å². The van der Waals surface area contributed by atoms with Crippen molar-refractivity contribution < 1.29 is 0 Å². The highest BCUT2D eigenvalue weighted by Crippen LogP contribution is 2.46. The monoisotopic (exact) mass is 793 g/mol. The maximum absolute atomic E-state index is 5.32. The number of hydrogen-bond acceptors (Lipinski definition) is 3. The standard InChI is InChI=1S/C57H39N5/c1-5-20-38(21-6-1)42-30-17-33-47-53-44(32-18-36-50(53)61(54(42)47)41-26-11-4-12-27-41)43-31-19-37-51-52(43)45-28-13-15-34-48(45)62(51)49-35-16-14-29-46(49)57-59-55(39-22-7-2-8-23-39)58-56(60-57)40-24-9-3-10-25-40/h1-37,57H,(H,58,59,60). The molecule has 0 saturated heterocycles. The lowest BCUT2D eigenvalue weighted by Crippen LogP contribution is -2.34. The van der Waals surface area contributed by atoms with Crippen LogP contribution in [0, 0.1) is 0 Å². The zero-order chi connectivity index (χ0) is 41.0. The first-order valence-corrected chi connectivity index (χ1v) is 21.1. The van der Waals surface area contributed by atoms with Gasteiger partial charge in [0, 0.05) is 49.5 Å². The summed E-state index contributed by atoms with van der Waals surface area (Å²) in [4.78, 5) is 10.4. The van der Waals surface area contributed by atoms with Crippen molar-refractivity contribution in [1.29, 1.82) is 0 Å². The van der Waals surface area contributed by atoms with Gasteiger partial charge in [-0.3, -0.25) is 0 Å². The average Bonchev–Trinajstić information content (AvgIpc) is 3.88. The van der Waals surface area contributed by atoms with Gasteiger partial charge in [0.2, 0.25) is 0 Å². The Labute approximate surface area is 359 Å². The molecule has 3 heterocycles. The first kappa shape index (κ1) is 35.6. The third kappa shape index (κ3) is 5.78. The highest BCUT2D eigenvalue weighted by Gasteiger charge is 2.26. The summed E-state index contributed by atoms with van der Waals surface area (Å²) in [5.41, 5.74) is 14.7. The van der Waals surface area contributed by atoms with Crippen LogP contribution in [0.2, 0.25) is 0 Å². The van der Waals surface area contributed by atoms with Crippen LogP contribution >= 0.6 is 0 Å². The van der Waals surface area contributed by atoms with Crippen molar-refractivity contribution in [3.8, 4) is 33.6 Å². The second-order valence-corrected chi connectivity index (χ2v) is 15.7. The molecule has 2 aromatic heterocycles. The molecule has 0 saturated carbocycles. The van der Waals surface area contributed by atoms with E-state index >= 15 is 0 Å². The van der Waals surface area contributed by atoms with Gasteiger partial charge in [-0.25, -0.2) is 9.98 Å². The van der Waals surface area contributed by atoms with Gasteiger partial charge in [-0.15, -0.1) is 0 Å². The number of aromatic nitrogens is 2. The fourth-order valence-corrected chi connectivity index (χ4v) is 9.53. The van der Waals surface area contributed by atoms with E-state index in [0.29, 0.717) is 5.84 Å². The number of para-hydroxylation sites is 4. The molecular formula is C57H39N5. The molecule has 1 aliphatic heterocycles. The van der Waals surface area contributed by atoms with E-state index in [1.807, 2.05) is 36.4 Å². The van der Waals surface area contributed by atoms with E-state index in [0.717, 1.165) is 44.9 Å². The van der Waals surface area contributed by atoms with Gasteiger partial charge in [0.25, 0.3) is 0 Å². The van der Waals surface area contributed by atoms with Crippen LogP contribution in [0.25, 0.3) is 77.2 Å². The number of aliphatic imine (C=N–C) groups is 2. The molecule has 62 heavy (non-hydrogen) atoms. The van der Waals surface area contributed by atoms with Crippen LogP contribution < -0.4 is 5.32 Å². The molecule has 292 valence electrons. The second-order valence-electron chi connectivity index (χ2n) is 15.7. The number of amidine groups is 2. The molecule has 1 N–H and O–H groups in total. The Morgan fingerprint density at radius 3 is 1.63 bits per heavy atom. The quantitative estimate of drug-likeness (QED) is 0.172. The van der Waals surface area contributed by atoms with Crippen molar-refractivity contribution in [2.24, 2.45) is 9.98 Å². The minimum absolute atomic E-state index is 0.398. The summed E-state index contributed by atoms with van der Waals surface area (Å²) in [6.07, 6.45) is -0.398. The Kier molecular flexibility index (Phi) is 8.49. The molecule has 1 aliphatic rings. The topological polar surface area (TPSA) is 46.6 Å². The highest BCUT2D eigenvalue weighted by atomic mass is 15.2. The highest BCUT2D eigenvalue weighted by molar-refractivity contribution is 6.23. The van der Waals surface area contributed by atoms with E-state index in [1.165, 1.54) is 54.8 Å². The summed E-state index contributed by atoms with van der Waals surface area (Å²) in [6.45, 7) is 0. The number of benzene rings is 9. The minimum atomic E-state index is -0.398. The molecule has 1 atom stereocenters. The van der Waals surface area contributed by atoms with Crippen LogP contribution in [0.1, 0.15) is 22.9 Å². The van der Waals surface area contributed by atoms with E-state index in [2.05, 4.69) is 203 Å². The molecule has 0 spiro atoms. The molecule has 0 radical (unpaired) electrons. The minimum Gasteiger partial charge on any atom is -0.344 e. The third-order valence-electron chi connectivity index (χ3n) is 12.2. The van der Waals surface area contributed by atoms with Gasteiger partial charge < -0.3 is 14.5 Å². The molecular weight excluding hydrogens is 755 g/mol. The molecule has 11 aromatic rings. The van der Waals surface area contributed by atoms with Gasteiger partial charge in [-0.05, 0) is 53.1 Å². The van der Waals surface area contributed by atoms with Crippen LogP contribution in [0.5, 0.6) is 0 Å². The van der Waals surface area contributed by atoms with Crippen molar-refractivity contribution in [3.05, 3.63) is 241 Å². The average molecular weight is 794 g/mol. The lowest BCUT2D eigenvalue weighted by Gasteiger charge is -2.26. The summed E-state index contributed by atoms with van der Waals surface area (Å²) in [7, 11) is 0. The zero-order valence-corrected chi connectivity index (χ0v) is 33.7. The van der Waals surface area contributed by atoms with E-state index < -0.39 is 6.17 Å². The lowest BCUT2D eigenvalue weighted by molar-refractivity contribution is 0.670. The number of rotatable bonds is 7. The van der Waals surface area contributed by atoms with Gasteiger partial charge in [0.05, 0.1) is 27.8 Å². The summed E-state index contributed by atoms with van der Waals surface area (Å²) in [5.74, 6) is 1.49. The summed E-state index contributed by atoms with van der Waals surface area (Å²) in [6, 6.07) is 79.9. The first-order chi connectivity index (χ1) is 30.8. The van der Waals surface area contributed by atoms with Crippen molar-refractivity contribution in [2.75, 3.05) is 0 Å². The summed E-state index contributed by atoms with van der Waals surface area (Å²) in [5, 5.41) is 8.59. The molecule has 0 bridgehead atoms. The Balaban J connectivity index is 1.10. The third-order valence-corrected chi connectivity index (χ3v) is 12.2. The Hall–Kier alpha value is -8.28. The van der Waals surface area contributed by atoms with Crippen LogP contribution in [0.15, 0.2) is 234 Å². The number of fused-ring (bicyclic) bond motifs is 6. The number of nitrogens with one attached hydrogen (secondary N) is 1. The smallest absolute Gasteiger partial charge is 0.159 e. The van der Waals surface area contributed by atoms with E-state index in [-0.39, 0.29) is 0 Å². The van der Waals surface area contributed by atoms with Crippen molar-refractivity contribution in [3.63, 3.8) is 0 Å². The maximum Gasteiger partial charge on any atom is 0.159 e. The van der Waals surface area contributed by atoms with Crippen LogP contribution in [-0.4, -0.2) is 20.8 Å². The molecule has 0 aliphatic carbocycles. The molecule has 1 unspecified atom stereocenters. The largest absolute Gasteiger partial charge is 0.344 e. The first-order valence-electron chi connectivity index (χ1n) is 21.1. The normalized spacial score (nSPS) is 14.0. The Bertz CT molecular complexity index is 3530. The van der Waals surface area contributed by atoms with Gasteiger partial charge in [-0.2, -0.15) is 0 Å². The second kappa shape index (κ2) is 14.8. The SMILES string of the molecule is c1ccc(C2=NC(c3ccccc3-n3c4ccccc4c4c(-c5cccc6c5c5cccc(-c7ccccc7)c5n6-c5ccccc5)cccc43)NC(c3ccccc3)=N2)cc1. The van der Waals surface area contributed by atoms with Crippen molar-refractivity contribution >= 4 is 55.3 Å². The number of nitrogens with zero attached hydrogens (tertiary/aromatic N) is 4. The van der Waals surface area contributed by atoms with Crippen molar-refractivity contribution in [2.45, 2.75) is 6.17 Å². The van der Waals surface area contributed by atoms with Gasteiger partial charge in [0.15, 0.2) is 5.84 Å². The van der Waals surface area contributed by atoms with Crippen LogP contribution in [0.3, 0.4) is 0 Å². The Morgan fingerprint density at radius 2 is 0.903 bits per heavy atom. The predicted octanol–water partition coefficient (Wildman–Crippen LogP) is 13.7. The molecule has 0 fully saturated rings. The fourth-order valence-electron chi connectivity index (χ4n) is 9.53. The molecule has 12 rings (SSSR count).